The second kappa shape index (κ2) is 8.14. The molecule has 2 aromatic carbocycles. The third-order valence-electron chi connectivity index (χ3n) is 5.48. The molecular formula is C24H29ClN2S. The van der Waals surface area contributed by atoms with Crippen molar-refractivity contribution >= 4 is 34.3 Å². The average molecular weight is 413 g/mol. The summed E-state index contributed by atoms with van der Waals surface area (Å²) in [5.41, 5.74) is 3.08. The van der Waals surface area contributed by atoms with E-state index in [4.69, 9.17) is 11.6 Å². The van der Waals surface area contributed by atoms with Crippen molar-refractivity contribution in [2.24, 2.45) is 5.41 Å². The summed E-state index contributed by atoms with van der Waals surface area (Å²) in [6.45, 7) is 10.6. The van der Waals surface area contributed by atoms with Crippen LogP contribution < -0.4 is 0 Å². The number of hydrogen-bond acceptors (Lipinski definition) is 2. The smallest absolute Gasteiger partial charge is 0.0545 e. The van der Waals surface area contributed by atoms with Gasteiger partial charge < -0.3 is 9.88 Å². The zero-order chi connectivity index (χ0) is 19.7. The van der Waals surface area contributed by atoms with Crippen LogP contribution >= 0.6 is 23.4 Å². The van der Waals surface area contributed by atoms with Crippen molar-refractivity contribution in [3.05, 3.63) is 59.2 Å². The number of piperidine rings is 1. The zero-order valence-electron chi connectivity index (χ0n) is 17.0. The molecule has 28 heavy (non-hydrogen) atoms. The lowest BCUT2D eigenvalue weighted by Gasteiger charge is -2.36. The minimum atomic E-state index is 0.373. The Kier molecular flexibility index (Phi) is 5.78. The van der Waals surface area contributed by atoms with Gasteiger partial charge >= 0.3 is 0 Å². The number of benzene rings is 2. The van der Waals surface area contributed by atoms with E-state index in [0.29, 0.717) is 11.3 Å². The fourth-order valence-electron chi connectivity index (χ4n) is 4.25. The Morgan fingerprint density at radius 3 is 2.57 bits per heavy atom. The summed E-state index contributed by atoms with van der Waals surface area (Å²) >= 11 is 8.09. The fraction of sp³-hybridized carbons (Fsp3) is 0.417. The topological polar surface area (TPSA) is 19.0 Å². The molecule has 1 aliphatic rings. The SMILES string of the molecule is CC(C)(C)CN1CCC(c2c[nH]c3ccc(Sc4ccccc4Cl)cc23)CC1. The van der Waals surface area contributed by atoms with Gasteiger partial charge in [0.1, 0.15) is 0 Å². The molecule has 1 aromatic heterocycles. The third-order valence-corrected chi connectivity index (χ3v) is 6.98. The standard InChI is InChI=1S/C24H29ClN2S/c1-24(2,3)16-27-12-10-17(11-13-27)20-15-26-22-9-8-18(14-19(20)22)28-23-7-5-4-6-21(23)25/h4-9,14-15,17,26H,10-13,16H2,1-3H3. The van der Waals surface area contributed by atoms with Gasteiger partial charge in [0.05, 0.1) is 5.02 Å². The Morgan fingerprint density at radius 2 is 1.86 bits per heavy atom. The summed E-state index contributed by atoms with van der Waals surface area (Å²) < 4.78 is 0. The van der Waals surface area contributed by atoms with E-state index in [-0.39, 0.29) is 0 Å². The van der Waals surface area contributed by atoms with Gasteiger partial charge in [-0.05, 0) is 73.2 Å². The van der Waals surface area contributed by atoms with Crippen LogP contribution in [0.1, 0.15) is 45.1 Å². The molecule has 0 atom stereocenters. The van der Waals surface area contributed by atoms with E-state index in [1.54, 1.807) is 11.8 Å². The van der Waals surface area contributed by atoms with Crippen LogP contribution in [0.5, 0.6) is 0 Å². The Hall–Kier alpha value is -1.42. The normalized spacial score (nSPS) is 16.7. The molecule has 0 saturated carbocycles. The first-order valence-electron chi connectivity index (χ1n) is 10.1. The highest BCUT2D eigenvalue weighted by atomic mass is 35.5. The van der Waals surface area contributed by atoms with Gasteiger partial charge in [0, 0.05) is 33.4 Å². The fourth-order valence-corrected chi connectivity index (χ4v) is 5.38. The molecule has 4 rings (SSSR count). The predicted octanol–water partition coefficient (Wildman–Crippen LogP) is 7.20. The van der Waals surface area contributed by atoms with Crippen molar-refractivity contribution in [2.45, 2.75) is 49.3 Å². The Morgan fingerprint density at radius 1 is 1.11 bits per heavy atom. The van der Waals surface area contributed by atoms with E-state index in [2.05, 4.69) is 61.1 Å². The molecule has 0 bridgehead atoms. The number of nitrogens with one attached hydrogen (secondary N) is 1. The lowest BCUT2D eigenvalue weighted by atomic mass is 9.87. The van der Waals surface area contributed by atoms with E-state index >= 15 is 0 Å². The van der Waals surface area contributed by atoms with E-state index in [1.807, 2.05) is 18.2 Å². The Labute approximate surface area is 177 Å². The maximum absolute atomic E-state index is 6.35. The lowest BCUT2D eigenvalue weighted by Crippen LogP contribution is -2.38. The summed E-state index contributed by atoms with van der Waals surface area (Å²) in [7, 11) is 0. The maximum Gasteiger partial charge on any atom is 0.0545 e. The van der Waals surface area contributed by atoms with Crippen molar-refractivity contribution < 1.29 is 0 Å². The number of likely N-dealkylation sites (tertiary alicyclic amines) is 1. The van der Waals surface area contributed by atoms with Gasteiger partial charge in [-0.2, -0.15) is 0 Å². The minimum Gasteiger partial charge on any atom is -0.361 e. The van der Waals surface area contributed by atoms with E-state index in [0.717, 1.165) is 9.92 Å². The highest BCUT2D eigenvalue weighted by Crippen LogP contribution is 2.38. The van der Waals surface area contributed by atoms with Gasteiger partial charge in [0.15, 0.2) is 0 Å². The molecule has 1 fully saturated rings. The van der Waals surface area contributed by atoms with Gasteiger partial charge in [-0.15, -0.1) is 0 Å². The van der Waals surface area contributed by atoms with Crippen LogP contribution in [-0.4, -0.2) is 29.5 Å². The minimum absolute atomic E-state index is 0.373. The van der Waals surface area contributed by atoms with Crippen molar-refractivity contribution in [2.75, 3.05) is 19.6 Å². The summed E-state index contributed by atoms with van der Waals surface area (Å²) in [5.74, 6) is 0.644. The molecule has 148 valence electrons. The zero-order valence-corrected chi connectivity index (χ0v) is 18.5. The number of rotatable bonds is 4. The molecule has 4 heteroatoms. The average Bonchev–Trinajstić information content (AvgIpc) is 3.06. The molecule has 0 unspecified atom stereocenters. The molecule has 1 saturated heterocycles. The monoisotopic (exact) mass is 412 g/mol. The summed E-state index contributed by atoms with van der Waals surface area (Å²) in [6, 6.07) is 14.8. The van der Waals surface area contributed by atoms with Crippen LogP contribution in [0.4, 0.5) is 0 Å². The van der Waals surface area contributed by atoms with Crippen LogP contribution in [0.3, 0.4) is 0 Å². The van der Waals surface area contributed by atoms with Crippen LogP contribution in [0.15, 0.2) is 58.5 Å². The molecule has 2 heterocycles. The van der Waals surface area contributed by atoms with Crippen LogP contribution in [-0.2, 0) is 0 Å². The number of aromatic amines is 1. The number of H-pyrrole nitrogens is 1. The van der Waals surface area contributed by atoms with Gasteiger partial charge in [-0.3, -0.25) is 0 Å². The summed E-state index contributed by atoms with van der Waals surface area (Å²) in [5, 5.41) is 2.18. The quantitative estimate of drug-likeness (QED) is 0.488. The first-order valence-corrected chi connectivity index (χ1v) is 11.3. The molecule has 0 spiro atoms. The second-order valence-electron chi connectivity index (χ2n) is 9.09. The first kappa shape index (κ1) is 19.9. The highest BCUT2D eigenvalue weighted by molar-refractivity contribution is 7.99. The van der Waals surface area contributed by atoms with Crippen molar-refractivity contribution in [1.29, 1.82) is 0 Å². The number of aromatic nitrogens is 1. The number of hydrogen-bond donors (Lipinski definition) is 1. The highest BCUT2D eigenvalue weighted by Gasteiger charge is 2.25. The van der Waals surface area contributed by atoms with E-state index in [1.165, 1.54) is 53.8 Å². The predicted molar refractivity (Wildman–Crippen MR) is 122 cm³/mol. The molecule has 2 nitrogen and oxygen atoms in total. The molecule has 1 N–H and O–H groups in total. The second-order valence-corrected chi connectivity index (χ2v) is 10.6. The molecular weight excluding hydrogens is 384 g/mol. The number of halogens is 1. The van der Waals surface area contributed by atoms with Gasteiger partial charge in [-0.1, -0.05) is 56.3 Å². The van der Waals surface area contributed by atoms with Crippen LogP contribution in [0.25, 0.3) is 10.9 Å². The molecule has 0 radical (unpaired) electrons. The number of fused-ring (bicyclic) bond motifs is 1. The largest absolute Gasteiger partial charge is 0.361 e. The van der Waals surface area contributed by atoms with Crippen molar-refractivity contribution in [3.8, 4) is 0 Å². The Bertz CT molecular complexity index is 949. The molecule has 3 aromatic rings. The van der Waals surface area contributed by atoms with Gasteiger partial charge in [0.2, 0.25) is 0 Å². The van der Waals surface area contributed by atoms with E-state index < -0.39 is 0 Å². The number of nitrogens with zero attached hydrogens (tertiary/aromatic N) is 1. The van der Waals surface area contributed by atoms with Crippen LogP contribution in [0, 0.1) is 5.41 Å². The molecule has 0 amide bonds. The summed E-state index contributed by atoms with van der Waals surface area (Å²) in [4.78, 5) is 8.47. The Balaban J connectivity index is 1.52. The maximum atomic E-state index is 6.35. The van der Waals surface area contributed by atoms with Crippen molar-refractivity contribution in [1.82, 2.24) is 9.88 Å². The third kappa shape index (κ3) is 4.59. The summed E-state index contributed by atoms with van der Waals surface area (Å²) in [6.07, 6.45) is 4.72. The van der Waals surface area contributed by atoms with Crippen molar-refractivity contribution in [3.63, 3.8) is 0 Å². The van der Waals surface area contributed by atoms with Crippen LogP contribution in [0.2, 0.25) is 5.02 Å². The molecule has 1 aliphatic heterocycles. The van der Waals surface area contributed by atoms with Gasteiger partial charge in [0.25, 0.3) is 0 Å². The van der Waals surface area contributed by atoms with Gasteiger partial charge in [-0.25, -0.2) is 0 Å². The lowest BCUT2D eigenvalue weighted by molar-refractivity contribution is 0.154. The molecule has 0 aliphatic carbocycles. The first-order chi connectivity index (χ1) is 13.4. The van der Waals surface area contributed by atoms with E-state index in [9.17, 15) is 0 Å².